The molecule has 1 aromatic rings. The lowest BCUT2D eigenvalue weighted by molar-refractivity contribution is 0.0797. The Labute approximate surface area is 119 Å². The Hall–Kier alpha value is -1.50. The van der Waals surface area contributed by atoms with Crippen molar-refractivity contribution >= 4 is 17.6 Å². The summed E-state index contributed by atoms with van der Waals surface area (Å²) in [5.41, 5.74) is 6.70. The number of nitrogens with zero attached hydrogens (tertiary/aromatic N) is 2. The lowest BCUT2D eigenvalue weighted by Gasteiger charge is -2.21. The van der Waals surface area contributed by atoms with Gasteiger partial charge in [0.25, 0.3) is 5.92 Å². The Bertz CT molecular complexity index is 560. The Morgan fingerprint density at radius 2 is 2.10 bits per heavy atom. The maximum absolute atomic E-state index is 13.2. The summed E-state index contributed by atoms with van der Waals surface area (Å²) in [6.07, 6.45) is 1.79. The Morgan fingerprint density at radius 1 is 1.35 bits per heavy atom. The first-order valence-electron chi connectivity index (χ1n) is 6.52. The van der Waals surface area contributed by atoms with Gasteiger partial charge in [-0.15, -0.1) is 11.8 Å². The zero-order chi connectivity index (χ0) is 13.9. The average molecular weight is 296 g/mol. The van der Waals surface area contributed by atoms with Crippen molar-refractivity contribution in [2.24, 2.45) is 17.6 Å². The first kappa shape index (κ1) is 12.3. The van der Waals surface area contributed by atoms with Crippen molar-refractivity contribution in [3.63, 3.8) is 0 Å². The number of piperidine rings is 1. The van der Waals surface area contributed by atoms with Crippen molar-refractivity contribution in [1.29, 1.82) is 0 Å². The minimum atomic E-state index is -2.44. The highest BCUT2D eigenvalue weighted by Crippen LogP contribution is 2.59. The van der Waals surface area contributed by atoms with E-state index in [9.17, 15) is 8.78 Å². The first-order chi connectivity index (χ1) is 9.55. The van der Waals surface area contributed by atoms with Crippen molar-refractivity contribution in [2.45, 2.75) is 11.3 Å². The molecule has 3 aliphatic rings. The number of hydrogen-bond donors (Lipinski definition) is 2. The SMILES string of the molecule is NC1=CSC(c2ccc(N3CC4C(C3)C4(F)F)nc2)N1. The summed E-state index contributed by atoms with van der Waals surface area (Å²) in [4.78, 5) is 6.34. The number of pyridine rings is 1. The van der Waals surface area contributed by atoms with Crippen molar-refractivity contribution in [2.75, 3.05) is 18.0 Å². The fraction of sp³-hybridized carbons (Fsp3) is 0.462. The maximum Gasteiger partial charge on any atom is 0.258 e. The van der Waals surface area contributed by atoms with Gasteiger partial charge in [-0.25, -0.2) is 13.8 Å². The van der Waals surface area contributed by atoms with Crippen molar-refractivity contribution in [3.05, 3.63) is 35.1 Å². The Balaban J connectivity index is 1.44. The van der Waals surface area contributed by atoms with Crippen LogP contribution in [0.3, 0.4) is 0 Å². The van der Waals surface area contributed by atoms with Gasteiger partial charge < -0.3 is 16.0 Å². The van der Waals surface area contributed by atoms with Gasteiger partial charge in [-0.3, -0.25) is 0 Å². The van der Waals surface area contributed by atoms with Crippen LogP contribution in [0.25, 0.3) is 0 Å². The molecule has 106 valence electrons. The van der Waals surface area contributed by atoms with E-state index in [1.165, 1.54) is 0 Å². The van der Waals surface area contributed by atoms with Gasteiger partial charge in [0.15, 0.2) is 0 Å². The first-order valence-corrected chi connectivity index (χ1v) is 7.46. The molecule has 0 spiro atoms. The van der Waals surface area contributed by atoms with Crippen LogP contribution in [0.15, 0.2) is 29.6 Å². The molecule has 0 bridgehead atoms. The molecule has 0 aromatic carbocycles. The summed E-state index contributed by atoms with van der Waals surface area (Å²) >= 11 is 1.60. The molecule has 1 aliphatic carbocycles. The number of thioether (sulfide) groups is 1. The number of anilines is 1. The highest BCUT2D eigenvalue weighted by Gasteiger charge is 2.71. The van der Waals surface area contributed by atoms with Crippen LogP contribution in [0.1, 0.15) is 10.9 Å². The molecule has 4 nitrogen and oxygen atoms in total. The molecule has 1 aromatic heterocycles. The molecule has 2 aliphatic heterocycles. The van der Waals surface area contributed by atoms with Gasteiger partial charge in [-0.1, -0.05) is 6.07 Å². The number of nitrogens with one attached hydrogen (secondary N) is 1. The molecule has 2 fully saturated rings. The molecular formula is C13H14F2N4S. The monoisotopic (exact) mass is 296 g/mol. The van der Waals surface area contributed by atoms with E-state index in [2.05, 4.69) is 10.3 Å². The van der Waals surface area contributed by atoms with E-state index < -0.39 is 17.8 Å². The Kier molecular flexibility index (Phi) is 2.45. The van der Waals surface area contributed by atoms with E-state index in [0.717, 1.165) is 11.4 Å². The van der Waals surface area contributed by atoms with Crippen LogP contribution in [-0.2, 0) is 0 Å². The van der Waals surface area contributed by atoms with Crippen molar-refractivity contribution in [1.82, 2.24) is 10.3 Å². The maximum atomic E-state index is 13.2. The van der Waals surface area contributed by atoms with E-state index >= 15 is 0 Å². The number of fused-ring (bicyclic) bond motifs is 1. The van der Waals surface area contributed by atoms with Crippen LogP contribution >= 0.6 is 11.8 Å². The number of rotatable bonds is 2. The summed E-state index contributed by atoms with van der Waals surface area (Å²) in [5, 5.41) is 5.09. The van der Waals surface area contributed by atoms with E-state index in [1.54, 1.807) is 18.0 Å². The summed E-state index contributed by atoms with van der Waals surface area (Å²) < 4.78 is 26.3. The topological polar surface area (TPSA) is 54.2 Å². The molecule has 3 unspecified atom stereocenters. The van der Waals surface area contributed by atoms with Crippen LogP contribution in [0.4, 0.5) is 14.6 Å². The van der Waals surface area contributed by atoms with Crippen LogP contribution in [-0.4, -0.2) is 24.0 Å². The molecular weight excluding hydrogens is 282 g/mol. The van der Waals surface area contributed by atoms with Crippen LogP contribution in [0.2, 0.25) is 0 Å². The molecule has 3 atom stereocenters. The highest BCUT2D eigenvalue weighted by atomic mass is 32.2. The zero-order valence-electron chi connectivity index (χ0n) is 10.6. The number of nitrogens with two attached hydrogens (primary N) is 1. The molecule has 0 amide bonds. The zero-order valence-corrected chi connectivity index (χ0v) is 11.4. The highest BCUT2D eigenvalue weighted by molar-refractivity contribution is 8.02. The van der Waals surface area contributed by atoms with Gasteiger partial charge in [-0.2, -0.15) is 0 Å². The van der Waals surface area contributed by atoms with Crippen LogP contribution in [0.5, 0.6) is 0 Å². The second-order valence-electron chi connectivity index (χ2n) is 5.48. The summed E-state index contributed by atoms with van der Waals surface area (Å²) in [7, 11) is 0. The van der Waals surface area contributed by atoms with Crippen molar-refractivity contribution < 1.29 is 8.78 Å². The molecule has 3 heterocycles. The fourth-order valence-corrected chi connectivity index (χ4v) is 3.81. The van der Waals surface area contributed by atoms with E-state index in [1.807, 2.05) is 22.4 Å². The second kappa shape index (κ2) is 4.00. The minimum absolute atomic E-state index is 0.0906. The predicted molar refractivity (Wildman–Crippen MR) is 74.1 cm³/mol. The second-order valence-corrected chi connectivity index (χ2v) is 6.46. The summed E-state index contributed by atoms with van der Waals surface area (Å²) in [6.45, 7) is 0.823. The fourth-order valence-electron chi connectivity index (χ4n) is 2.96. The quantitative estimate of drug-likeness (QED) is 0.872. The number of aromatic nitrogens is 1. The Morgan fingerprint density at radius 3 is 2.65 bits per heavy atom. The normalized spacial score (nSPS) is 33.6. The van der Waals surface area contributed by atoms with Crippen LogP contribution in [0, 0.1) is 11.8 Å². The van der Waals surface area contributed by atoms with E-state index in [4.69, 9.17) is 5.73 Å². The standard InChI is InChI=1S/C13H14F2N4S/c14-13(15)8-4-19(5-9(8)13)11-2-1-7(3-17-11)12-18-10(16)6-20-12/h1-3,6,8-9,12,18H,4-5,16H2. The van der Waals surface area contributed by atoms with E-state index in [-0.39, 0.29) is 5.37 Å². The van der Waals surface area contributed by atoms with Gasteiger partial charge in [-0.05, 0) is 6.07 Å². The predicted octanol–water partition coefficient (Wildman–Crippen LogP) is 1.88. The van der Waals surface area contributed by atoms with Crippen LogP contribution < -0.4 is 16.0 Å². The largest absolute Gasteiger partial charge is 0.385 e. The minimum Gasteiger partial charge on any atom is -0.385 e. The molecule has 20 heavy (non-hydrogen) atoms. The lowest BCUT2D eigenvalue weighted by Crippen LogP contribution is -2.28. The molecule has 0 radical (unpaired) electrons. The van der Waals surface area contributed by atoms with Gasteiger partial charge >= 0.3 is 0 Å². The van der Waals surface area contributed by atoms with Crippen molar-refractivity contribution in [3.8, 4) is 0 Å². The molecule has 1 saturated heterocycles. The smallest absolute Gasteiger partial charge is 0.258 e. The third-order valence-electron chi connectivity index (χ3n) is 4.23. The molecule has 1 saturated carbocycles. The third-order valence-corrected chi connectivity index (χ3v) is 5.28. The van der Waals surface area contributed by atoms with Gasteiger partial charge in [0.2, 0.25) is 0 Å². The lowest BCUT2D eigenvalue weighted by atomic mass is 10.2. The third kappa shape index (κ3) is 1.76. The van der Waals surface area contributed by atoms with Gasteiger partial charge in [0.1, 0.15) is 17.0 Å². The van der Waals surface area contributed by atoms with Gasteiger partial charge in [0, 0.05) is 30.3 Å². The number of halogens is 2. The van der Waals surface area contributed by atoms with Gasteiger partial charge in [0.05, 0.1) is 11.8 Å². The molecule has 3 N–H and O–H groups in total. The molecule has 4 rings (SSSR count). The number of hydrogen-bond acceptors (Lipinski definition) is 5. The summed E-state index contributed by atoms with van der Waals surface area (Å²) in [5.74, 6) is -1.95. The summed E-state index contributed by atoms with van der Waals surface area (Å²) in [6, 6.07) is 3.87. The van der Waals surface area contributed by atoms with E-state index in [0.29, 0.717) is 18.9 Å². The average Bonchev–Trinajstić information content (AvgIpc) is 2.90. The number of alkyl halides is 2. The molecule has 7 heteroatoms.